The lowest BCUT2D eigenvalue weighted by Gasteiger charge is -2.08. The number of rotatable bonds is 4. The Morgan fingerprint density at radius 3 is 2.65 bits per heavy atom. The van der Waals surface area contributed by atoms with Gasteiger partial charge < -0.3 is 20.3 Å². The van der Waals surface area contributed by atoms with Crippen LogP contribution in [0.4, 0.5) is 0 Å². The van der Waals surface area contributed by atoms with E-state index >= 15 is 0 Å². The van der Waals surface area contributed by atoms with E-state index in [-0.39, 0.29) is 17.4 Å². The van der Waals surface area contributed by atoms with Gasteiger partial charge in [-0.15, -0.1) is 0 Å². The second-order valence-corrected chi connectivity index (χ2v) is 4.24. The van der Waals surface area contributed by atoms with Gasteiger partial charge in [-0.3, -0.25) is 4.79 Å². The average Bonchev–Trinajstić information content (AvgIpc) is 2.44. The third-order valence-corrected chi connectivity index (χ3v) is 2.80. The zero-order valence-corrected chi connectivity index (χ0v) is 11.0. The summed E-state index contributed by atoms with van der Waals surface area (Å²) in [5.41, 5.74) is 1.12. The normalized spacial score (nSPS) is 10.1. The van der Waals surface area contributed by atoms with Crippen LogP contribution in [0.15, 0.2) is 42.5 Å². The molecule has 2 aromatic rings. The number of nitrogens with one attached hydrogen (secondary N) is 1. The highest BCUT2D eigenvalue weighted by molar-refractivity contribution is 5.94. The van der Waals surface area contributed by atoms with Gasteiger partial charge in [0.2, 0.25) is 0 Å². The van der Waals surface area contributed by atoms with E-state index in [9.17, 15) is 15.0 Å². The fraction of sp³-hybridized carbons (Fsp3) is 0.133. The number of methoxy groups -OCH3 is 1. The number of ether oxygens (including phenoxy) is 1. The van der Waals surface area contributed by atoms with E-state index in [2.05, 4.69) is 5.32 Å². The standard InChI is InChI=1S/C15H15NO4/c1-20-14-6-5-11(8-13(14)18)15(19)16-9-10-3-2-4-12(17)7-10/h2-8,17-18H,9H2,1H3,(H,16,19). The number of carbonyl (C=O) groups excluding carboxylic acids is 1. The molecular weight excluding hydrogens is 258 g/mol. The predicted molar refractivity (Wildman–Crippen MR) is 73.9 cm³/mol. The van der Waals surface area contributed by atoms with Crippen molar-refractivity contribution in [1.82, 2.24) is 5.32 Å². The molecule has 2 aromatic carbocycles. The van der Waals surface area contributed by atoms with Crippen LogP contribution in [-0.4, -0.2) is 23.2 Å². The van der Waals surface area contributed by atoms with Crippen LogP contribution in [0.1, 0.15) is 15.9 Å². The lowest BCUT2D eigenvalue weighted by Crippen LogP contribution is -2.22. The van der Waals surface area contributed by atoms with E-state index in [1.54, 1.807) is 30.3 Å². The van der Waals surface area contributed by atoms with E-state index in [1.165, 1.54) is 19.2 Å². The van der Waals surface area contributed by atoms with Gasteiger partial charge in [0.25, 0.3) is 5.91 Å². The molecule has 104 valence electrons. The molecule has 5 heteroatoms. The van der Waals surface area contributed by atoms with Gasteiger partial charge in [0, 0.05) is 12.1 Å². The molecule has 0 atom stereocenters. The summed E-state index contributed by atoms with van der Waals surface area (Å²) in [5, 5.41) is 21.7. The number of amides is 1. The van der Waals surface area contributed by atoms with Crippen LogP contribution >= 0.6 is 0 Å². The van der Waals surface area contributed by atoms with Crippen LogP contribution < -0.4 is 10.1 Å². The third kappa shape index (κ3) is 3.20. The maximum absolute atomic E-state index is 11.9. The first-order chi connectivity index (χ1) is 9.60. The molecule has 0 aliphatic rings. The Labute approximate surface area is 116 Å². The fourth-order valence-electron chi connectivity index (χ4n) is 1.78. The molecule has 0 unspecified atom stereocenters. The number of hydrogen-bond donors (Lipinski definition) is 3. The Kier molecular flexibility index (Phi) is 4.10. The van der Waals surface area contributed by atoms with Crippen LogP contribution in [-0.2, 0) is 6.54 Å². The zero-order chi connectivity index (χ0) is 14.5. The average molecular weight is 273 g/mol. The predicted octanol–water partition coefficient (Wildman–Crippen LogP) is 2.04. The van der Waals surface area contributed by atoms with Crippen molar-refractivity contribution in [3.8, 4) is 17.2 Å². The highest BCUT2D eigenvalue weighted by atomic mass is 16.5. The van der Waals surface area contributed by atoms with E-state index < -0.39 is 0 Å². The molecule has 2 rings (SSSR count). The van der Waals surface area contributed by atoms with Gasteiger partial charge in [-0.2, -0.15) is 0 Å². The van der Waals surface area contributed by atoms with E-state index in [0.29, 0.717) is 17.9 Å². The summed E-state index contributed by atoms with van der Waals surface area (Å²) in [6.07, 6.45) is 0. The molecule has 0 spiro atoms. The third-order valence-electron chi connectivity index (χ3n) is 2.80. The van der Waals surface area contributed by atoms with Gasteiger partial charge in [0.15, 0.2) is 11.5 Å². The number of carbonyl (C=O) groups is 1. The maximum Gasteiger partial charge on any atom is 0.251 e. The molecule has 0 radical (unpaired) electrons. The minimum absolute atomic E-state index is 0.0856. The number of phenolic OH excluding ortho intramolecular Hbond substituents is 2. The quantitative estimate of drug-likeness (QED) is 0.796. The summed E-state index contributed by atoms with van der Waals surface area (Å²) in [5.74, 6) is 0.0668. The van der Waals surface area contributed by atoms with Crippen molar-refractivity contribution in [3.05, 3.63) is 53.6 Å². The molecule has 5 nitrogen and oxygen atoms in total. The van der Waals surface area contributed by atoms with Gasteiger partial charge in [0.05, 0.1) is 7.11 Å². The Bertz CT molecular complexity index is 625. The molecule has 0 aliphatic carbocycles. The Morgan fingerprint density at radius 2 is 2.00 bits per heavy atom. The molecule has 20 heavy (non-hydrogen) atoms. The molecular formula is C15H15NO4. The Hall–Kier alpha value is -2.69. The first kappa shape index (κ1) is 13.7. The first-order valence-corrected chi connectivity index (χ1v) is 6.03. The summed E-state index contributed by atoms with van der Waals surface area (Å²) in [6, 6.07) is 11.1. The van der Waals surface area contributed by atoms with E-state index in [0.717, 1.165) is 5.56 Å². The van der Waals surface area contributed by atoms with Gasteiger partial charge >= 0.3 is 0 Å². The zero-order valence-electron chi connectivity index (χ0n) is 11.0. The molecule has 3 N–H and O–H groups in total. The number of phenols is 2. The summed E-state index contributed by atoms with van der Waals surface area (Å²) in [6.45, 7) is 0.292. The summed E-state index contributed by atoms with van der Waals surface area (Å²) in [7, 11) is 1.44. The van der Waals surface area contributed by atoms with E-state index in [4.69, 9.17) is 4.74 Å². The van der Waals surface area contributed by atoms with Crippen LogP contribution in [0.2, 0.25) is 0 Å². The van der Waals surface area contributed by atoms with Crippen LogP contribution in [0.3, 0.4) is 0 Å². The fourth-order valence-corrected chi connectivity index (χ4v) is 1.78. The van der Waals surface area contributed by atoms with Gasteiger partial charge in [-0.25, -0.2) is 0 Å². The van der Waals surface area contributed by atoms with Crippen molar-refractivity contribution < 1.29 is 19.7 Å². The van der Waals surface area contributed by atoms with Crippen LogP contribution in [0.25, 0.3) is 0 Å². The van der Waals surface area contributed by atoms with Crippen molar-refractivity contribution in [1.29, 1.82) is 0 Å². The summed E-state index contributed by atoms with van der Waals surface area (Å²) >= 11 is 0. The summed E-state index contributed by atoms with van der Waals surface area (Å²) in [4.78, 5) is 11.9. The molecule has 1 amide bonds. The molecule has 0 aromatic heterocycles. The topological polar surface area (TPSA) is 78.8 Å². The van der Waals surface area contributed by atoms with Crippen molar-refractivity contribution in [2.24, 2.45) is 0 Å². The molecule has 0 aliphatic heterocycles. The highest BCUT2D eigenvalue weighted by Gasteiger charge is 2.09. The number of hydrogen-bond acceptors (Lipinski definition) is 4. The van der Waals surface area contributed by atoms with Crippen molar-refractivity contribution in [2.45, 2.75) is 6.54 Å². The summed E-state index contributed by atoms with van der Waals surface area (Å²) < 4.78 is 4.91. The van der Waals surface area contributed by atoms with E-state index in [1.807, 2.05) is 0 Å². The first-order valence-electron chi connectivity index (χ1n) is 6.03. The monoisotopic (exact) mass is 273 g/mol. The van der Waals surface area contributed by atoms with Crippen LogP contribution in [0, 0.1) is 0 Å². The minimum Gasteiger partial charge on any atom is -0.508 e. The molecule has 0 saturated carbocycles. The smallest absolute Gasteiger partial charge is 0.251 e. The number of aromatic hydroxyl groups is 2. The van der Waals surface area contributed by atoms with Crippen LogP contribution in [0.5, 0.6) is 17.2 Å². The Balaban J connectivity index is 2.03. The minimum atomic E-state index is -0.314. The molecule has 0 heterocycles. The SMILES string of the molecule is COc1ccc(C(=O)NCc2cccc(O)c2)cc1O. The maximum atomic E-state index is 11.9. The second-order valence-electron chi connectivity index (χ2n) is 4.24. The van der Waals surface area contributed by atoms with Crippen molar-refractivity contribution in [3.63, 3.8) is 0 Å². The largest absolute Gasteiger partial charge is 0.508 e. The lowest BCUT2D eigenvalue weighted by molar-refractivity contribution is 0.0950. The molecule has 0 fully saturated rings. The second kappa shape index (κ2) is 5.97. The Morgan fingerprint density at radius 1 is 1.20 bits per heavy atom. The lowest BCUT2D eigenvalue weighted by atomic mass is 10.1. The van der Waals surface area contributed by atoms with Gasteiger partial charge in [-0.05, 0) is 35.9 Å². The molecule has 0 saturated heterocycles. The highest BCUT2D eigenvalue weighted by Crippen LogP contribution is 2.26. The van der Waals surface area contributed by atoms with Gasteiger partial charge in [0.1, 0.15) is 5.75 Å². The van der Waals surface area contributed by atoms with Crippen molar-refractivity contribution in [2.75, 3.05) is 7.11 Å². The van der Waals surface area contributed by atoms with Crippen molar-refractivity contribution >= 4 is 5.91 Å². The number of benzene rings is 2. The molecule has 0 bridgehead atoms. The van der Waals surface area contributed by atoms with Gasteiger partial charge in [-0.1, -0.05) is 12.1 Å².